The van der Waals surface area contributed by atoms with Crippen molar-refractivity contribution in [3.05, 3.63) is 83.1 Å². The van der Waals surface area contributed by atoms with Crippen LogP contribution in [0.25, 0.3) is 6.08 Å². The number of carboxylic acid groups (broad SMARTS) is 1. The molecule has 1 heterocycles. The van der Waals surface area contributed by atoms with E-state index in [2.05, 4.69) is 0 Å². The zero-order valence-corrected chi connectivity index (χ0v) is 18.4. The van der Waals surface area contributed by atoms with E-state index in [0.29, 0.717) is 30.6 Å². The summed E-state index contributed by atoms with van der Waals surface area (Å²) in [4.78, 5) is 38.3. The van der Waals surface area contributed by atoms with E-state index in [0.717, 1.165) is 5.56 Å². The second kappa shape index (κ2) is 11.1. The van der Waals surface area contributed by atoms with E-state index in [1.165, 1.54) is 18.1 Å². The van der Waals surface area contributed by atoms with Crippen LogP contribution in [-0.2, 0) is 14.4 Å². The molecule has 0 unspecified atom stereocenters. The molecule has 0 fully saturated rings. The predicted molar refractivity (Wildman–Crippen MR) is 124 cm³/mol. The molecular formula is C26H27NO6. The lowest BCUT2D eigenvalue weighted by Crippen LogP contribution is -2.32. The predicted octanol–water partition coefficient (Wildman–Crippen LogP) is 4.32. The van der Waals surface area contributed by atoms with E-state index >= 15 is 0 Å². The van der Waals surface area contributed by atoms with Crippen LogP contribution in [0.5, 0.6) is 5.75 Å². The number of allylic oxidation sites excluding steroid dienone is 1. The van der Waals surface area contributed by atoms with Gasteiger partial charge in [-0.2, -0.15) is 0 Å². The fourth-order valence-electron chi connectivity index (χ4n) is 3.91. The van der Waals surface area contributed by atoms with Gasteiger partial charge in [0.15, 0.2) is 11.5 Å². The molecular weight excluding hydrogens is 422 g/mol. The van der Waals surface area contributed by atoms with Crippen molar-refractivity contribution < 1.29 is 29.3 Å². The van der Waals surface area contributed by atoms with Crippen LogP contribution >= 0.6 is 0 Å². The standard InChI is InChI=1S/C26H27NO6/c1-33-21-13-8-7-12-19(21)24-23(20(28)16-15-18-10-4-2-5-11-18)25(31)26(32)27(24)17-9-3-6-14-22(29)30/h2,4-5,7-8,10-13,15-16,24,31H,3,6,9,14,17H2,1H3,(H,29,30)/b16-15+/t24-/m1/s1. The summed E-state index contributed by atoms with van der Waals surface area (Å²) in [5, 5.41) is 19.5. The minimum Gasteiger partial charge on any atom is -0.503 e. The van der Waals surface area contributed by atoms with Crippen molar-refractivity contribution in [3.63, 3.8) is 0 Å². The van der Waals surface area contributed by atoms with E-state index < -0.39 is 29.5 Å². The largest absolute Gasteiger partial charge is 0.503 e. The molecule has 1 atom stereocenters. The van der Waals surface area contributed by atoms with Crippen LogP contribution in [0.1, 0.15) is 42.9 Å². The third-order valence-corrected chi connectivity index (χ3v) is 5.52. The van der Waals surface area contributed by atoms with Crippen LogP contribution in [0.4, 0.5) is 0 Å². The van der Waals surface area contributed by atoms with Crippen molar-refractivity contribution in [2.75, 3.05) is 13.7 Å². The lowest BCUT2D eigenvalue weighted by molar-refractivity contribution is -0.137. The highest BCUT2D eigenvalue weighted by Crippen LogP contribution is 2.41. The highest BCUT2D eigenvalue weighted by molar-refractivity contribution is 6.14. The first-order valence-corrected chi connectivity index (χ1v) is 10.8. The minimum atomic E-state index is -0.864. The molecule has 7 nitrogen and oxygen atoms in total. The monoisotopic (exact) mass is 449 g/mol. The van der Waals surface area contributed by atoms with Crippen molar-refractivity contribution in [2.45, 2.75) is 31.7 Å². The van der Waals surface area contributed by atoms with Crippen LogP contribution in [0.3, 0.4) is 0 Å². The summed E-state index contributed by atoms with van der Waals surface area (Å²) in [6.07, 6.45) is 4.68. The average molecular weight is 450 g/mol. The molecule has 0 radical (unpaired) electrons. The van der Waals surface area contributed by atoms with Gasteiger partial charge in [0.25, 0.3) is 5.91 Å². The maximum absolute atomic E-state index is 13.2. The zero-order chi connectivity index (χ0) is 23.8. The number of ketones is 1. The first-order valence-electron chi connectivity index (χ1n) is 10.8. The van der Waals surface area contributed by atoms with Crippen molar-refractivity contribution in [2.24, 2.45) is 0 Å². The fourth-order valence-corrected chi connectivity index (χ4v) is 3.91. The molecule has 2 aromatic carbocycles. The first-order chi connectivity index (χ1) is 15.9. The molecule has 0 saturated heterocycles. The molecule has 172 valence electrons. The summed E-state index contributed by atoms with van der Waals surface area (Å²) in [5.41, 5.74) is 1.42. The molecule has 2 N–H and O–H groups in total. The smallest absolute Gasteiger partial charge is 0.303 e. The lowest BCUT2D eigenvalue weighted by Gasteiger charge is -2.27. The number of methoxy groups -OCH3 is 1. The molecule has 0 aliphatic carbocycles. The second-order valence-electron chi connectivity index (χ2n) is 7.72. The number of hydrogen-bond donors (Lipinski definition) is 2. The molecule has 0 aromatic heterocycles. The molecule has 2 aromatic rings. The quantitative estimate of drug-likeness (QED) is 0.391. The SMILES string of the molecule is COc1ccccc1[C@@H]1C(C(=O)/C=C/c2ccccc2)=C(O)C(=O)N1CCCCCC(=O)O. The second-order valence-corrected chi connectivity index (χ2v) is 7.72. The van der Waals surface area contributed by atoms with Crippen LogP contribution in [-0.4, -0.2) is 46.4 Å². The van der Waals surface area contributed by atoms with Gasteiger partial charge in [0, 0.05) is 18.5 Å². The lowest BCUT2D eigenvalue weighted by atomic mass is 9.94. The molecule has 33 heavy (non-hydrogen) atoms. The van der Waals surface area contributed by atoms with Crippen molar-refractivity contribution in [1.29, 1.82) is 0 Å². The molecule has 1 amide bonds. The molecule has 0 spiro atoms. The molecule has 1 aliphatic heterocycles. The van der Waals surface area contributed by atoms with Crippen LogP contribution < -0.4 is 4.74 Å². The third-order valence-electron chi connectivity index (χ3n) is 5.52. The number of amides is 1. The molecule has 1 aliphatic rings. The van der Waals surface area contributed by atoms with Crippen LogP contribution in [0, 0.1) is 0 Å². The molecule has 0 bridgehead atoms. The van der Waals surface area contributed by atoms with Gasteiger partial charge in [-0.25, -0.2) is 0 Å². The number of nitrogens with zero attached hydrogens (tertiary/aromatic N) is 1. The van der Waals surface area contributed by atoms with Crippen LogP contribution in [0.2, 0.25) is 0 Å². The van der Waals surface area contributed by atoms with Gasteiger partial charge in [-0.15, -0.1) is 0 Å². The summed E-state index contributed by atoms with van der Waals surface area (Å²) < 4.78 is 5.47. The number of carboxylic acids is 1. The average Bonchev–Trinajstić information content (AvgIpc) is 3.07. The van der Waals surface area contributed by atoms with Gasteiger partial charge in [-0.05, 0) is 30.5 Å². The van der Waals surface area contributed by atoms with Gasteiger partial charge < -0.3 is 19.8 Å². The fraction of sp³-hybridized carbons (Fsp3) is 0.269. The number of hydrogen-bond acceptors (Lipinski definition) is 5. The van der Waals surface area contributed by atoms with E-state index in [4.69, 9.17) is 9.84 Å². The van der Waals surface area contributed by atoms with Gasteiger partial charge in [0.1, 0.15) is 5.75 Å². The number of para-hydroxylation sites is 1. The Hall–Kier alpha value is -3.87. The van der Waals surface area contributed by atoms with E-state index in [1.54, 1.807) is 30.3 Å². The highest BCUT2D eigenvalue weighted by atomic mass is 16.5. The van der Waals surface area contributed by atoms with Gasteiger partial charge in [0.2, 0.25) is 0 Å². The number of benzene rings is 2. The third kappa shape index (κ3) is 5.68. The van der Waals surface area contributed by atoms with Gasteiger partial charge in [0.05, 0.1) is 18.7 Å². The topological polar surface area (TPSA) is 104 Å². The van der Waals surface area contributed by atoms with E-state index in [1.807, 2.05) is 30.3 Å². The Labute approximate surface area is 192 Å². The Morgan fingerprint density at radius 2 is 1.73 bits per heavy atom. The summed E-state index contributed by atoms with van der Waals surface area (Å²) in [5.74, 6) is -2.02. The summed E-state index contributed by atoms with van der Waals surface area (Å²) >= 11 is 0. The first kappa shape index (κ1) is 23.8. The number of carbonyl (C=O) groups is 3. The van der Waals surface area contributed by atoms with Crippen molar-refractivity contribution in [3.8, 4) is 5.75 Å². The molecule has 3 rings (SSSR count). The van der Waals surface area contributed by atoms with Crippen molar-refractivity contribution in [1.82, 2.24) is 4.90 Å². The maximum Gasteiger partial charge on any atom is 0.303 e. The Balaban J connectivity index is 1.90. The Morgan fingerprint density at radius 3 is 2.42 bits per heavy atom. The number of aliphatic hydroxyl groups is 1. The normalized spacial score (nSPS) is 16.0. The summed E-state index contributed by atoms with van der Waals surface area (Å²) in [6, 6.07) is 15.5. The molecule has 0 saturated carbocycles. The number of ether oxygens (including phenoxy) is 1. The van der Waals surface area contributed by atoms with Gasteiger partial charge in [-0.3, -0.25) is 14.4 Å². The minimum absolute atomic E-state index is 0.00205. The highest BCUT2D eigenvalue weighted by Gasteiger charge is 2.43. The number of carbonyl (C=O) groups excluding carboxylic acids is 2. The Bertz CT molecular complexity index is 1070. The maximum atomic E-state index is 13.2. The number of unbranched alkanes of at least 4 members (excludes halogenated alkanes) is 2. The number of aliphatic hydroxyl groups excluding tert-OH is 1. The number of aliphatic carboxylic acids is 1. The summed E-state index contributed by atoms with van der Waals surface area (Å²) in [7, 11) is 1.51. The van der Waals surface area contributed by atoms with Gasteiger partial charge in [-0.1, -0.05) is 61.0 Å². The zero-order valence-electron chi connectivity index (χ0n) is 18.4. The van der Waals surface area contributed by atoms with E-state index in [-0.39, 0.29) is 18.5 Å². The van der Waals surface area contributed by atoms with E-state index in [9.17, 15) is 19.5 Å². The summed E-state index contributed by atoms with van der Waals surface area (Å²) in [6.45, 7) is 0.268. The van der Waals surface area contributed by atoms with Gasteiger partial charge >= 0.3 is 5.97 Å². The number of rotatable bonds is 11. The molecule has 7 heteroatoms. The Kier molecular flexibility index (Phi) is 8.02. The van der Waals surface area contributed by atoms with Crippen molar-refractivity contribution >= 4 is 23.7 Å². The van der Waals surface area contributed by atoms with Crippen LogP contribution in [0.15, 0.2) is 72.0 Å². The Morgan fingerprint density at radius 1 is 1.03 bits per heavy atom.